The third-order valence-electron chi connectivity index (χ3n) is 28.0. The monoisotopic (exact) mass is 1930 g/mol. The summed E-state index contributed by atoms with van der Waals surface area (Å²) in [5.41, 5.74) is 30.6. The number of pyridine rings is 5. The van der Waals surface area contributed by atoms with Gasteiger partial charge in [-0.05, 0) is 197 Å². The van der Waals surface area contributed by atoms with E-state index in [0.717, 1.165) is 155 Å². The van der Waals surface area contributed by atoms with E-state index in [1.165, 1.54) is 12.1 Å². The smallest absolute Gasteiger partial charge is 0.264 e. The summed E-state index contributed by atoms with van der Waals surface area (Å²) in [6.07, 6.45) is 0. The summed E-state index contributed by atoms with van der Waals surface area (Å²) in [4.78, 5) is 6.65. The van der Waals surface area contributed by atoms with Crippen molar-refractivity contribution in [2.75, 3.05) is 0 Å². The molecule has 10 heterocycles. The van der Waals surface area contributed by atoms with Crippen molar-refractivity contribution >= 4 is 121 Å². The lowest BCUT2D eigenvalue weighted by molar-refractivity contribution is -0.667. The molecule has 0 saturated heterocycles. The van der Waals surface area contributed by atoms with Crippen molar-refractivity contribution in [1.82, 2.24) is 0 Å². The number of aryl methyl sites for hydroxylation is 7. The highest BCUT2D eigenvalue weighted by Gasteiger charge is 2.33. The van der Waals surface area contributed by atoms with E-state index >= 15 is 0 Å². The van der Waals surface area contributed by atoms with Gasteiger partial charge in [-0.25, -0.2) is 18.5 Å². The topological polar surface area (TPSA) is 165 Å². The van der Waals surface area contributed by atoms with Gasteiger partial charge in [-0.3, -0.25) is 0 Å². The lowest BCUT2D eigenvalue weighted by atomic mass is 9.95. The summed E-state index contributed by atoms with van der Waals surface area (Å²) < 4.78 is 177. The van der Waals surface area contributed by atoms with Crippen LogP contribution < -0.4 is 22.8 Å². The van der Waals surface area contributed by atoms with Crippen LogP contribution >= 0.6 is 0 Å². The lowest BCUT2D eigenvalue weighted by Gasteiger charge is -2.10. The molecule has 0 atom stereocenters. The second-order valence-electron chi connectivity index (χ2n) is 37.1. The summed E-state index contributed by atoms with van der Waals surface area (Å²) >= 11 is 0. The number of aromatic nitrogens is 5. The van der Waals surface area contributed by atoms with Crippen LogP contribution in [0.5, 0.6) is 0 Å². The van der Waals surface area contributed by atoms with Crippen LogP contribution in [0, 0.1) is 169 Å². The maximum absolute atomic E-state index is 14.1. The number of halogens is 2. The molecule has 0 aliphatic heterocycles. The molecule has 0 aliphatic carbocycles. The summed E-state index contributed by atoms with van der Waals surface area (Å²) in [5, 5.41) is 37.3. The molecule has 10 aromatic heterocycles. The van der Waals surface area contributed by atoms with E-state index < -0.39 is 25.3 Å². The van der Waals surface area contributed by atoms with E-state index in [2.05, 4.69) is 58.4 Å². The van der Waals surface area contributed by atoms with Crippen LogP contribution in [-0.2, 0) is 35.2 Å². The predicted molar refractivity (Wildman–Crippen MR) is 580 cm³/mol. The van der Waals surface area contributed by atoms with E-state index in [0.29, 0.717) is 152 Å². The van der Waals surface area contributed by atoms with Crippen molar-refractivity contribution in [2.24, 2.45) is 35.2 Å². The summed E-state index contributed by atoms with van der Waals surface area (Å²) in [5.74, 6) is -1.17. The predicted octanol–water partition coefficient (Wildman–Crippen LogP) is 31.3. The van der Waals surface area contributed by atoms with Gasteiger partial charge >= 0.3 is 0 Å². The third-order valence-corrected chi connectivity index (χ3v) is 28.0. The van der Waals surface area contributed by atoms with Crippen LogP contribution in [0.1, 0.15) is 124 Å². The first-order valence-corrected chi connectivity index (χ1v) is 47.5. The Bertz CT molecular complexity index is 10000. The SMILES string of the molecule is [2H]c1c(C)c(C([2H])([2H])[2H])c(C)[n+](C)c1-c1c(C)ccc2c1oc1c(-c3ccccc3)ccc(C#N)c12.[2H]c1c(C)c([2H])c(-c2c(C)ccc3c2oc2c(-c4ccccc4)ccc(C#N)c23)[n+](C)c1C.[2H]c1c(C)c([2H])c(-c2c(C)ccc3c2oc2c([N+]#[C-])c(F)ccc23)[n+](C)c1C.[2H]c1c([2H])c(-c2c(C)ccc3c2oc2c(-c4ccccc4)ccc(C#N)c23)[n+](C)c(C)c1C([2H])([2H])[2H].[C-]#[N+]c1c(F)ccc2c1oc1c(-c3cc(C)cc(C)[n+]3C)c(C)ccc12. The number of rotatable bonds is 8. The molecule has 17 heteroatoms. The lowest BCUT2D eigenvalue weighted by Crippen LogP contribution is -2.36. The van der Waals surface area contributed by atoms with E-state index in [1.807, 2.05) is 268 Å². The van der Waals surface area contributed by atoms with Crippen molar-refractivity contribution < 1.29 is 71.5 Å². The molecule has 0 N–H and O–H groups in total. The van der Waals surface area contributed by atoms with Gasteiger partial charge in [0, 0.05) is 173 Å². The molecule has 0 radical (unpaired) electrons. The normalized spacial score (nSPS) is 12.7. The molecule has 0 amide bonds. The van der Waals surface area contributed by atoms with Crippen molar-refractivity contribution in [2.45, 2.75) is 111 Å². The average Bonchev–Trinajstić information content (AvgIpc) is 1.58. The van der Waals surface area contributed by atoms with Gasteiger partial charge in [-0.1, -0.05) is 164 Å². The number of fused-ring (bicyclic) bond motifs is 15. The molecule has 23 rings (SSSR count). The maximum Gasteiger partial charge on any atom is 0.264 e. The van der Waals surface area contributed by atoms with Gasteiger partial charge in [-0.15, -0.1) is 0 Å². The fraction of sp³-hybridized carbons (Fsp3) is 0.163. The van der Waals surface area contributed by atoms with Crippen LogP contribution in [0.4, 0.5) is 20.2 Å². The second kappa shape index (κ2) is 38.7. The Hall–Kier alpha value is -18.1. The summed E-state index contributed by atoms with van der Waals surface area (Å²) in [6.45, 7) is 36.2. The summed E-state index contributed by atoms with van der Waals surface area (Å²) in [7, 11) is 9.22. The number of nitriles is 3. The molecule has 0 bridgehead atoms. The van der Waals surface area contributed by atoms with E-state index in [4.69, 9.17) is 53.0 Å². The number of nitrogens with zero attached hydrogens (tertiary/aromatic N) is 10. The van der Waals surface area contributed by atoms with Crippen molar-refractivity contribution in [3.63, 3.8) is 0 Å². The molecule has 0 unspecified atom stereocenters. The quantitative estimate of drug-likeness (QED) is 0.107. The molecule has 23 aromatic rings. The van der Waals surface area contributed by atoms with Crippen molar-refractivity contribution in [3.8, 4) is 108 Å². The van der Waals surface area contributed by atoms with Crippen molar-refractivity contribution in [1.29, 1.82) is 15.8 Å². The van der Waals surface area contributed by atoms with Crippen molar-refractivity contribution in [3.05, 3.63) is 408 Å². The van der Waals surface area contributed by atoms with Gasteiger partial charge in [0.2, 0.25) is 28.5 Å². The highest BCUT2D eigenvalue weighted by Crippen LogP contribution is 2.50. The minimum Gasteiger partial charge on any atom is -0.466 e. The van der Waals surface area contributed by atoms with Crippen LogP contribution in [0.2, 0.25) is 0 Å². The van der Waals surface area contributed by atoms with E-state index in [1.54, 1.807) is 69.1 Å². The Kier molecular flexibility index (Phi) is 21.6. The molecule has 712 valence electrons. The standard InChI is InChI=1S/C29H25N2O.2C28H23N2O.2C22H18FN2O/c1-17-11-13-24-27-22(16-30)12-14-23(21-9-7-6-8-10-21)28(27)32-29(24)26(17)25-15-18(2)19(3)20(4)31(25)5;1-17-11-15-24(30(4)19(17)3)25-18(2)10-13-23-26-21(16-29)12-14-22(27(26)31-28(23)25)20-8-6-5-7-9-20;1-17-14-19(3)30(4)24(15-17)25-18(2)10-12-23-26-21(16-29)11-13-22(27(26)31-28(23)25)20-8-6-5-7-9-20;2*1-12-10-14(3)25(5)18(11-12)19-13(2)6-7-15-16-8-9-17(23)20(24-4)22(16)26-21(15)19/h6-15H,1-5H3;2*5-15H,1-4H3;2*6-11H,1-3,5H3/q5*+1/i3D3,15D;1D3,11D,15D;14D,15D;10D,11D;. The number of hydrogen-bond acceptors (Lipinski definition) is 8. The zero-order valence-electron chi connectivity index (χ0n) is 97.1. The summed E-state index contributed by atoms with van der Waals surface area (Å²) in [6, 6.07) is 78.4. The molecule has 15 nitrogen and oxygen atoms in total. The highest BCUT2D eigenvalue weighted by atomic mass is 19.1. The molecule has 146 heavy (non-hydrogen) atoms. The third kappa shape index (κ3) is 16.7. The molecule has 0 fully saturated rings. The Balaban J connectivity index is 0.000000124. The fourth-order valence-electron chi connectivity index (χ4n) is 19.9. The van der Waals surface area contributed by atoms with Crippen LogP contribution in [0.3, 0.4) is 0 Å². The van der Waals surface area contributed by atoms with Gasteiger partial charge in [0.1, 0.15) is 103 Å². The van der Waals surface area contributed by atoms with Crippen LogP contribution in [-0.4, -0.2) is 0 Å². The highest BCUT2D eigenvalue weighted by molar-refractivity contribution is 6.20. The maximum atomic E-state index is 14.1. The minimum atomic E-state index is -2.51. The Morgan fingerprint density at radius 3 is 0.979 bits per heavy atom. The fourth-order valence-corrected chi connectivity index (χ4v) is 19.9. The Labute approximate surface area is 865 Å². The molecular formula is C129H107F2N10O5+5. The van der Waals surface area contributed by atoms with Gasteiger partial charge in [0.25, 0.3) is 11.4 Å². The Morgan fingerprint density at radius 1 is 0.295 bits per heavy atom. The number of benzene rings is 13. The van der Waals surface area contributed by atoms with Crippen LogP contribution in [0.15, 0.2) is 289 Å². The zero-order chi connectivity index (χ0) is 114. The molecule has 0 spiro atoms. The van der Waals surface area contributed by atoms with Gasteiger partial charge < -0.3 is 22.1 Å². The molecule has 0 saturated carbocycles. The van der Waals surface area contributed by atoms with Crippen LogP contribution in [0.25, 0.3) is 209 Å². The van der Waals surface area contributed by atoms with E-state index in [-0.39, 0.29) is 52.3 Å². The first-order valence-electron chi connectivity index (χ1n) is 54.0. The zero-order valence-corrected chi connectivity index (χ0v) is 84.1. The van der Waals surface area contributed by atoms with Gasteiger partial charge in [0.15, 0.2) is 28.5 Å². The Morgan fingerprint density at radius 2 is 0.616 bits per heavy atom. The van der Waals surface area contributed by atoms with Gasteiger partial charge in [0.05, 0.1) is 85.5 Å². The minimum absolute atomic E-state index is 0.0629. The molecular weight excluding hydrogens is 1810 g/mol. The number of furan rings is 5. The first-order chi connectivity index (χ1) is 75.6. The second-order valence-corrected chi connectivity index (χ2v) is 37.1. The number of hydrogen-bond donors (Lipinski definition) is 0. The molecule has 0 aliphatic rings. The van der Waals surface area contributed by atoms with Gasteiger partial charge in [-0.2, -0.15) is 38.6 Å². The largest absolute Gasteiger partial charge is 0.466 e. The first kappa shape index (κ1) is 81.6. The molecule has 13 aromatic carbocycles. The van der Waals surface area contributed by atoms with E-state index in [9.17, 15) is 24.6 Å². The average molecular weight is 1930 g/mol.